The molecule has 1 aromatic carbocycles. The van der Waals surface area contributed by atoms with Crippen molar-refractivity contribution in [2.75, 3.05) is 19.1 Å². The number of fused-ring (bicyclic) bond motifs is 2. The average Bonchev–Trinajstić information content (AvgIpc) is 2.69. The normalized spacial score (nSPS) is 29.6. The number of hydrogen-bond acceptors (Lipinski definition) is 3. The van der Waals surface area contributed by atoms with Crippen LogP contribution in [0.2, 0.25) is 5.02 Å². The third kappa shape index (κ3) is 2.30. The molecule has 3 rings (SSSR count). The second kappa shape index (κ2) is 5.22. The van der Waals surface area contributed by atoms with Crippen molar-refractivity contribution in [3.8, 4) is 5.75 Å². The number of rotatable bonds is 3. The molecule has 2 heterocycles. The molecule has 0 saturated carbocycles. The molecule has 2 unspecified atom stereocenters. The van der Waals surface area contributed by atoms with E-state index in [2.05, 4.69) is 23.3 Å². The van der Waals surface area contributed by atoms with Crippen LogP contribution < -0.4 is 15.0 Å². The largest absolute Gasteiger partial charge is 0.497 e. The SMILES string of the molecule is CNC1CC2CCC(C1)N2c1cc(OC)ccc1Cl. The monoisotopic (exact) mass is 280 g/mol. The van der Waals surface area contributed by atoms with Gasteiger partial charge in [-0.2, -0.15) is 0 Å². The number of methoxy groups -OCH3 is 1. The van der Waals surface area contributed by atoms with Crippen LogP contribution in [-0.4, -0.2) is 32.3 Å². The molecule has 0 amide bonds. The molecule has 104 valence electrons. The molecule has 2 atom stereocenters. The molecule has 1 aromatic rings. The van der Waals surface area contributed by atoms with Gasteiger partial charge in [0.25, 0.3) is 0 Å². The number of ether oxygens (including phenoxy) is 1. The number of anilines is 1. The summed E-state index contributed by atoms with van der Waals surface area (Å²) in [7, 11) is 3.77. The van der Waals surface area contributed by atoms with Crippen molar-refractivity contribution in [3.05, 3.63) is 23.2 Å². The Morgan fingerprint density at radius 3 is 2.53 bits per heavy atom. The number of benzene rings is 1. The van der Waals surface area contributed by atoms with Gasteiger partial charge in [-0.05, 0) is 44.9 Å². The molecule has 0 radical (unpaired) electrons. The maximum absolute atomic E-state index is 6.40. The van der Waals surface area contributed by atoms with Crippen molar-refractivity contribution >= 4 is 17.3 Å². The lowest BCUT2D eigenvalue weighted by atomic mass is 9.96. The van der Waals surface area contributed by atoms with Crippen LogP contribution in [0.1, 0.15) is 25.7 Å². The minimum absolute atomic E-state index is 0.612. The smallest absolute Gasteiger partial charge is 0.121 e. The van der Waals surface area contributed by atoms with Gasteiger partial charge in [0.05, 0.1) is 17.8 Å². The molecular weight excluding hydrogens is 260 g/mol. The predicted octanol–water partition coefficient (Wildman–Crippen LogP) is 3.07. The van der Waals surface area contributed by atoms with E-state index in [9.17, 15) is 0 Å². The molecule has 2 saturated heterocycles. The first-order valence-corrected chi connectivity index (χ1v) is 7.40. The summed E-state index contributed by atoms with van der Waals surface area (Å²) >= 11 is 6.40. The third-order valence-corrected chi connectivity index (χ3v) is 4.89. The zero-order valence-electron chi connectivity index (χ0n) is 11.5. The summed E-state index contributed by atoms with van der Waals surface area (Å²) in [5, 5.41) is 4.26. The van der Waals surface area contributed by atoms with Gasteiger partial charge in [0.15, 0.2) is 0 Å². The van der Waals surface area contributed by atoms with Crippen LogP contribution in [0, 0.1) is 0 Å². The van der Waals surface area contributed by atoms with Gasteiger partial charge < -0.3 is 15.0 Å². The molecule has 3 nitrogen and oxygen atoms in total. The van der Waals surface area contributed by atoms with Crippen molar-refractivity contribution in [2.24, 2.45) is 0 Å². The minimum Gasteiger partial charge on any atom is -0.497 e. The Morgan fingerprint density at radius 2 is 1.95 bits per heavy atom. The summed E-state index contributed by atoms with van der Waals surface area (Å²) in [6, 6.07) is 7.82. The maximum atomic E-state index is 6.40. The van der Waals surface area contributed by atoms with Crippen LogP contribution >= 0.6 is 11.6 Å². The zero-order valence-corrected chi connectivity index (χ0v) is 12.3. The lowest BCUT2D eigenvalue weighted by Gasteiger charge is -2.41. The molecular formula is C15H21ClN2O. The molecule has 0 aliphatic carbocycles. The van der Waals surface area contributed by atoms with Crippen LogP contribution in [0.25, 0.3) is 0 Å². The van der Waals surface area contributed by atoms with Gasteiger partial charge >= 0.3 is 0 Å². The van der Waals surface area contributed by atoms with E-state index in [4.69, 9.17) is 16.3 Å². The average molecular weight is 281 g/mol. The molecule has 19 heavy (non-hydrogen) atoms. The molecule has 2 bridgehead atoms. The topological polar surface area (TPSA) is 24.5 Å². The second-order valence-corrected chi connectivity index (χ2v) is 5.97. The summed E-state index contributed by atoms with van der Waals surface area (Å²) in [5.41, 5.74) is 1.14. The number of nitrogens with one attached hydrogen (secondary N) is 1. The molecule has 2 aliphatic rings. The Balaban J connectivity index is 1.91. The molecule has 0 spiro atoms. The van der Waals surface area contributed by atoms with Crippen molar-refractivity contribution in [1.82, 2.24) is 5.32 Å². The van der Waals surface area contributed by atoms with Crippen molar-refractivity contribution in [3.63, 3.8) is 0 Å². The highest BCUT2D eigenvalue weighted by molar-refractivity contribution is 6.33. The molecule has 2 fully saturated rings. The lowest BCUT2D eigenvalue weighted by Crippen LogP contribution is -2.48. The third-order valence-electron chi connectivity index (χ3n) is 4.57. The highest BCUT2D eigenvalue weighted by Crippen LogP contribution is 2.43. The van der Waals surface area contributed by atoms with Crippen LogP contribution in [0.4, 0.5) is 5.69 Å². The Labute approximate surface area is 119 Å². The van der Waals surface area contributed by atoms with Crippen LogP contribution in [0.15, 0.2) is 18.2 Å². The summed E-state index contributed by atoms with van der Waals surface area (Å²) in [6.07, 6.45) is 4.97. The quantitative estimate of drug-likeness (QED) is 0.921. The van der Waals surface area contributed by atoms with Crippen molar-refractivity contribution < 1.29 is 4.74 Å². The van der Waals surface area contributed by atoms with Gasteiger partial charge in [0.2, 0.25) is 0 Å². The predicted molar refractivity (Wildman–Crippen MR) is 79.4 cm³/mol. The fourth-order valence-electron chi connectivity index (χ4n) is 3.62. The van der Waals surface area contributed by atoms with Crippen LogP contribution in [-0.2, 0) is 0 Å². The fraction of sp³-hybridized carbons (Fsp3) is 0.600. The summed E-state index contributed by atoms with van der Waals surface area (Å²) in [5.74, 6) is 0.884. The van der Waals surface area contributed by atoms with E-state index in [0.29, 0.717) is 18.1 Å². The summed E-state index contributed by atoms with van der Waals surface area (Å²) in [6.45, 7) is 0. The molecule has 0 aromatic heterocycles. The Morgan fingerprint density at radius 1 is 1.26 bits per heavy atom. The van der Waals surface area contributed by atoms with E-state index in [1.54, 1.807) is 7.11 Å². The first-order chi connectivity index (χ1) is 9.22. The number of nitrogens with zero attached hydrogens (tertiary/aromatic N) is 1. The summed E-state index contributed by atoms with van der Waals surface area (Å²) in [4.78, 5) is 2.53. The highest BCUT2D eigenvalue weighted by atomic mass is 35.5. The zero-order chi connectivity index (χ0) is 13.4. The Hall–Kier alpha value is -0.930. The molecule has 4 heteroatoms. The molecule has 2 aliphatic heterocycles. The number of hydrogen-bond donors (Lipinski definition) is 1. The molecule has 1 N–H and O–H groups in total. The van der Waals surface area contributed by atoms with Gasteiger partial charge in [-0.1, -0.05) is 11.6 Å². The minimum atomic E-state index is 0.612. The lowest BCUT2D eigenvalue weighted by molar-refractivity contribution is 0.373. The first-order valence-electron chi connectivity index (χ1n) is 7.02. The first kappa shape index (κ1) is 13.1. The number of halogens is 1. The Kier molecular flexibility index (Phi) is 3.59. The van der Waals surface area contributed by atoms with E-state index < -0.39 is 0 Å². The Bertz CT molecular complexity index is 451. The highest BCUT2D eigenvalue weighted by Gasteiger charge is 2.41. The van der Waals surface area contributed by atoms with Gasteiger partial charge in [0.1, 0.15) is 5.75 Å². The van der Waals surface area contributed by atoms with Gasteiger partial charge in [-0.3, -0.25) is 0 Å². The van der Waals surface area contributed by atoms with Crippen molar-refractivity contribution in [2.45, 2.75) is 43.8 Å². The second-order valence-electron chi connectivity index (χ2n) is 5.57. The van der Waals surface area contributed by atoms with Crippen LogP contribution in [0.3, 0.4) is 0 Å². The standard InChI is InChI=1S/C15H21ClN2O/c1-17-10-7-11-3-4-12(8-10)18(11)15-9-13(19-2)5-6-14(15)16/h5-6,9-12,17H,3-4,7-8H2,1-2H3. The van der Waals surface area contributed by atoms with Crippen LogP contribution in [0.5, 0.6) is 5.75 Å². The van der Waals surface area contributed by atoms with E-state index in [1.807, 2.05) is 12.1 Å². The van der Waals surface area contributed by atoms with E-state index in [-0.39, 0.29) is 0 Å². The van der Waals surface area contributed by atoms with Crippen molar-refractivity contribution in [1.29, 1.82) is 0 Å². The fourth-order valence-corrected chi connectivity index (χ4v) is 3.84. The van der Waals surface area contributed by atoms with E-state index >= 15 is 0 Å². The van der Waals surface area contributed by atoms with Gasteiger partial charge in [-0.15, -0.1) is 0 Å². The van der Waals surface area contributed by atoms with E-state index in [0.717, 1.165) is 16.5 Å². The maximum Gasteiger partial charge on any atom is 0.121 e. The summed E-state index contributed by atoms with van der Waals surface area (Å²) < 4.78 is 5.34. The van der Waals surface area contributed by atoms with Gasteiger partial charge in [0, 0.05) is 24.2 Å². The van der Waals surface area contributed by atoms with E-state index in [1.165, 1.54) is 25.7 Å². The number of piperidine rings is 1. The van der Waals surface area contributed by atoms with Gasteiger partial charge in [-0.25, -0.2) is 0 Å².